The van der Waals surface area contributed by atoms with Crippen molar-refractivity contribution in [1.82, 2.24) is 10.2 Å². The van der Waals surface area contributed by atoms with Crippen LogP contribution in [0.15, 0.2) is 30.5 Å². The molecule has 0 aliphatic heterocycles. The van der Waals surface area contributed by atoms with Crippen LogP contribution < -0.4 is 10.5 Å². The second-order valence-electron chi connectivity index (χ2n) is 4.20. The molecule has 4 heteroatoms. The van der Waals surface area contributed by atoms with Gasteiger partial charge in [-0.05, 0) is 25.0 Å². The third-order valence-electron chi connectivity index (χ3n) is 2.93. The first-order chi connectivity index (χ1) is 7.83. The second-order valence-corrected chi connectivity index (χ2v) is 4.20. The van der Waals surface area contributed by atoms with Crippen LogP contribution in [-0.2, 0) is 0 Å². The lowest BCUT2D eigenvalue weighted by molar-refractivity contribution is 0.102. The van der Waals surface area contributed by atoms with Crippen molar-refractivity contribution < 1.29 is 4.74 Å². The molecule has 1 aliphatic carbocycles. The van der Waals surface area contributed by atoms with Gasteiger partial charge in [0.1, 0.15) is 11.9 Å². The average molecular weight is 215 g/mol. The number of aromatic nitrogens is 2. The molecule has 0 amide bonds. The Kier molecular flexibility index (Phi) is 2.22. The zero-order valence-corrected chi connectivity index (χ0v) is 8.84. The highest BCUT2D eigenvalue weighted by Crippen LogP contribution is 2.28. The summed E-state index contributed by atoms with van der Waals surface area (Å²) in [6.45, 7) is 0. The molecule has 16 heavy (non-hydrogen) atoms. The van der Waals surface area contributed by atoms with Crippen LogP contribution in [0.3, 0.4) is 0 Å². The molecule has 1 saturated carbocycles. The number of ether oxygens (including phenoxy) is 1. The average Bonchev–Trinajstić information content (AvgIpc) is 2.27. The van der Waals surface area contributed by atoms with Gasteiger partial charge in [0.2, 0.25) is 0 Å². The van der Waals surface area contributed by atoms with Crippen molar-refractivity contribution >= 4 is 10.9 Å². The lowest BCUT2D eigenvalue weighted by Gasteiger charge is -2.32. The highest BCUT2D eigenvalue weighted by molar-refractivity contribution is 5.83. The van der Waals surface area contributed by atoms with E-state index in [1.807, 2.05) is 24.3 Å². The molecule has 1 aromatic heterocycles. The van der Waals surface area contributed by atoms with E-state index < -0.39 is 0 Å². The maximum absolute atomic E-state index is 5.85. The number of hydrogen-bond donors (Lipinski definition) is 1. The van der Waals surface area contributed by atoms with E-state index in [4.69, 9.17) is 10.5 Å². The molecule has 1 aliphatic rings. The molecule has 1 aromatic carbocycles. The van der Waals surface area contributed by atoms with Crippen molar-refractivity contribution in [3.8, 4) is 5.75 Å². The maximum atomic E-state index is 5.85. The van der Waals surface area contributed by atoms with Gasteiger partial charge in [0.15, 0.2) is 0 Å². The van der Waals surface area contributed by atoms with Gasteiger partial charge in [-0.2, -0.15) is 10.2 Å². The zero-order chi connectivity index (χ0) is 11.0. The Morgan fingerprint density at radius 1 is 1.25 bits per heavy atom. The summed E-state index contributed by atoms with van der Waals surface area (Å²) in [7, 11) is 0. The fourth-order valence-electron chi connectivity index (χ4n) is 1.96. The fraction of sp³-hybridized carbons (Fsp3) is 0.333. The van der Waals surface area contributed by atoms with Crippen LogP contribution in [0.5, 0.6) is 5.75 Å². The summed E-state index contributed by atoms with van der Waals surface area (Å²) in [5, 5.41) is 9.00. The number of nitrogens with zero attached hydrogens (tertiary/aromatic N) is 2. The van der Waals surface area contributed by atoms with Crippen molar-refractivity contribution in [2.24, 2.45) is 5.73 Å². The first kappa shape index (κ1) is 9.54. The molecule has 0 bridgehead atoms. The van der Waals surface area contributed by atoms with E-state index in [2.05, 4.69) is 10.2 Å². The summed E-state index contributed by atoms with van der Waals surface area (Å²) < 4.78 is 5.85. The molecule has 0 unspecified atom stereocenters. The Balaban J connectivity index is 1.91. The second kappa shape index (κ2) is 3.72. The zero-order valence-electron chi connectivity index (χ0n) is 8.84. The van der Waals surface area contributed by atoms with Gasteiger partial charge in [0, 0.05) is 11.4 Å². The third kappa shape index (κ3) is 1.61. The van der Waals surface area contributed by atoms with Gasteiger partial charge in [0.05, 0.1) is 11.7 Å². The molecule has 2 aromatic rings. The van der Waals surface area contributed by atoms with E-state index in [0.717, 1.165) is 29.5 Å². The molecular weight excluding hydrogens is 202 g/mol. The molecule has 1 heterocycles. The van der Waals surface area contributed by atoms with Gasteiger partial charge in [0.25, 0.3) is 0 Å². The summed E-state index contributed by atoms with van der Waals surface area (Å²) in [4.78, 5) is 0. The summed E-state index contributed by atoms with van der Waals surface area (Å²) in [5.41, 5.74) is 6.59. The highest BCUT2D eigenvalue weighted by Gasteiger charge is 2.28. The van der Waals surface area contributed by atoms with E-state index in [9.17, 15) is 0 Å². The quantitative estimate of drug-likeness (QED) is 0.824. The van der Waals surface area contributed by atoms with Crippen LogP contribution in [0.1, 0.15) is 12.8 Å². The van der Waals surface area contributed by atoms with Crippen LogP contribution in [-0.4, -0.2) is 22.3 Å². The Morgan fingerprint density at radius 3 is 2.88 bits per heavy atom. The Hall–Kier alpha value is -1.68. The van der Waals surface area contributed by atoms with Crippen molar-refractivity contribution in [2.45, 2.75) is 25.0 Å². The van der Waals surface area contributed by atoms with Gasteiger partial charge in [-0.3, -0.25) is 0 Å². The van der Waals surface area contributed by atoms with E-state index >= 15 is 0 Å². The van der Waals surface area contributed by atoms with Crippen LogP contribution in [0, 0.1) is 0 Å². The van der Waals surface area contributed by atoms with E-state index in [1.54, 1.807) is 6.20 Å². The molecule has 0 radical (unpaired) electrons. The first-order valence-electron chi connectivity index (χ1n) is 5.45. The Morgan fingerprint density at radius 2 is 2.06 bits per heavy atom. The molecule has 2 N–H and O–H groups in total. The molecule has 3 rings (SSSR count). The predicted molar refractivity (Wildman–Crippen MR) is 61.2 cm³/mol. The Bertz CT molecular complexity index is 503. The van der Waals surface area contributed by atoms with Gasteiger partial charge in [-0.15, -0.1) is 0 Å². The standard InChI is InChI=1S/C12H13N3O/c13-8-5-9(6-8)16-12-7-14-15-11-4-2-1-3-10(11)12/h1-4,7-9H,5-6,13H2. The smallest absolute Gasteiger partial charge is 0.149 e. The summed E-state index contributed by atoms with van der Waals surface area (Å²) in [6.07, 6.45) is 3.77. The van der Waals surface area contributed by atoms with Gasteiger partial charge < -0.3 is 10.5 Å². The van der Waals surface area contributed by atoms with Crippen molar-refractivity contribution in [3.05, 3.63) is 30.5 Å². The highest BCUT2D eigenvalue weighted by atomic mass is 16.5. The molecule has 0 atom stereocenters. The third-order valence-corrected chi connectivity index (χ3v) is 2.93. The van der Waals surface area contributed by atoms with Crippen molar-refractivity contribution in [3.63, 3.8) is 0 Å². The molecular formula is C12H13N3O. The molecule has 0 saturated heterocycles. The van der Waals surface area contributed by atoms with Gasteiger partial charge in [-0.25, -0.2) is 0 Å². The van der Waals surface area contributed by atoms with Gasteiger partial charge in [-0.1, -0.05) is 12.1 Å². The topological polar surface area (TPSA) is 61.0 Å². The number of nitrogens with two attached hydrogens (primary N) is 1. The largest absolute Gasteiger partial charge is 0.488 e. The number of fused-ring (bicyclic) bond motifs is 1. The fourth-order valence-corrected chi connectivity index (χ4v) is 1.96. The molecule has 82 valence electrons. The predicted octanol–water partition coefficient (Wildman–Crippen LogP) is 1.50. The van der Waals surface area contributed by atoms with Crippen molar-refractivity contribution in [1.29, 1.82) is 0 Å². The molecule has 1 fully saturated rings. The van der Waals surface area contributed by atoms with Crippen LogP contribution in [0.4, 0.5) is 0 Å². The van der Waals surface area contributed by atoms with Crippen LogP contribution >= 0.6 is 0 Å². The maximum Gasteiger partial charge on any atom is 0.149 e. The van der Waals surface area contributed by atoms with E-state index in [0.29, 0.717) is 6.04 Å². The summed E-state index contributed by atoms with van der Waals surface area (Å²) >= 11 is 0. The monoisotopic (exact) mass is 215 g/mol. The minimum absolute atomic E-state index is 0.239. The normalized spacial score (nSPS) is 24.1. The van der Waals surface area contributed by atoms with Crippen LogP contribution in [0.25, 0.3) is 10.9 Å². The lowest BCUT2D eigenvalue weighted by Crippen LogP contribution is -2.43. The minimum Gasteiger partial charge on any atom is -0.488 e. The van der Waals surface area contributed by atoms with E-state index in [-0.39, 0.29) is 6.10 Å². The van der Waals surface area contributed by atoms with E-state index in [1.165, 1.54) is 0 Å². The first-order valence-corrected chi connectivity index (χ1v) is 5.45. The van der Waals surface area contributed by atoms with Crippen LogP contribution in [0.2, 0.25) is 0 Å². The summed E-state index contributed by atoms with van der Waals surface area (Å²) in [5.74, 6) is 0.808. The molecule has 4 nitrogen and oxygen atoms in total. The number of rotatable bonds is 2. The van der Waals surface area contributed by atoms with Crippen molar-refractivity contribution in [2.75, 3.05) is 0 Å². The SMILES string of the molecule is NC1CC(Oc2cnnc3ccccc23)C1. The summed E-state index contributed by atoms with van der Waals surface area (Å²) in [6, 6.07) is 8.15. The van der Waals surface area contributed by atoms with Gasteiger partial charge >= 0.3 is 0 Å². The lowest BCUT2D eigenvalue weighted by atomic mass is 9.90. The molecule has 0 spiro atoms. The number of benzene rings is 1. The number of hydrogen-bond acceptors (Lipinski definition) is 4. The Labute approximate surface area is 93.4 Å². The minimum atomic E-state index is 0.239.